The molecule has 0 spiro atoms. The molecule has 0 amide bonds. The minimum absolute atomic E-state index is 0.0271. The zero-order valence-electron chi connectivity index (χ0n) is 19.9. The Balaban J connectivity index is 0.000000248. The summed E-state index contributed by atoms with van der Waals surface area (Å²) in [6.45, 7) is 16.1. The molecule has 1 aromatic carbocycles. The number of allylic oxidation sites excluding steroid dienone is 1. The number of rotatable bonds is 6. The van der Waals surface area contributed by atoms with Crippen LogP contribution in [-0.4, -0.2) is 39.5 Å². The summed E-state index contributed by atoms with van der Waals surface area (Å²) >= 11 is 0. The lowest BCUT2D eigenvalue weighted by Crippen LogP contribution is -2.15. The Morgan fingerprint density at radius 2 is 1.68 bits per heavy atom. The highest BCUT2D eigenvalue weighted by atomic mass is 16.1. The SMILES string of the molecule is C=C(C(C)=O)/C(C)=N\N(C)CC.CCc1c(-c2ccc(C)cc2)nc2ccc(C)cn12. The van der Waals surface area contributed by atoms with E-state index in [0.29, 0.717) is 11.3 Å². The molecule has 3 aromatic rings. The summed E-state index contributed by atoms with van der Waals surface area (Å²) in [6, 6.07) is 12.8. The highest BCUT2D eigenvalue weighted by Gasteiger charge is 2.12. The van der Waals surface area contributed by atoms with E-state index in [1.807, 2.05) is 14.0 Å². The lowest BCUT2D eigenvalue weighted by atomic mass is 10.1. The Kier molecular flexibility index (Phi) is 8.31. The average Bonchev–Trinajstić information content (AvgIpc) is 3.11. The maximum Gasteiger partial charge on any atom is 0.161 e. The van der Waals surface area contributed by atoms with Crippen molar-refractivity contribution in [3.63, 3.8) is 0 Å². The molecule has 164 valence electrons. The van der Waals surface area contributed by atoms with Crippen molar-refractivity contribution in [1.82, 2.24) is 14.4 Å². The van der Waals surface area contributed by atoms with E-state index < -0.39 is 0 Å². The Hall–Kier alpha value is -3.21. The molecule has 5 heteroatoms. The molecule has 31 heavy (non-hydrogen) atoms. The summed E-state index contributed by atoms with van der Waals surface area (Å²) in [5.74, 6) is -0.0271. The molecule has 0 saturated heterocycles. The number of aryl methyl sites for hydroxylation is 3. The van der Waals surface area contributed by atoms with Crippen LogP contribution in [-0.2, 0) is 11.2 Å². The van der Waals surface area contributed by atoms with Gasteiger partial charge < -0.3 is 9.41 Å². The average molecular weight is 419 g/mol. The van der Waals surface area contributed by atoms with E-state index in [1.54, 1.807) is 11.9 Å². The van der Waals surface area contributed by atoms with Crippen molar-refractivity contribution in [2.45, 2.75) is 48.0 Å². The van der Waals surface area contributed by atoms with E-state index in [2.05, 4.69) is 79.4 Å². The van der Waals surface area contributed by atoms with Crippen molar-refractivity contribution >= 4 is 17.1 Å². The van der Waals surface area contributed by atoms with Crippen LogP contribution in [0.1, 0.15) is 44.5 Å². The first-order valence-corrected chi connectivity index (χ1v) is 10.7. The van der Waals surface area contributed by atoms with E-state index in [4.69, 9.17) is 4.98 Å². The molecule has 0 N–H and O–H groups in total. The Morgan fingerprint density at radius 1 is 1.06 bits per heavy atom. The van der Waals surface area contributed by atoms with Gasteiger partial charge in [-0.1, -0.05) is 49.4 Å². The molecule has 0 saturated carbocycles. The summed E-state index contributed by atoms with van der Waals surface area (Å²) in [4.78, 5) is 15.6. The van der Waals surface area contributed by atoms with Gasteiger partial charge in [0.1, 0.15) is 5.65 Å². The highest BCUT2D eigenvalue weighted by Crippen LogP contribution is 2.25. The number of pyridine rings is 1. The molecule has 5 nitrogen and oxygen atoms in total. The summed E-state index contributed by atoms with van der Waals surface area (Å²) in [5.41, 5.74) is 8.32. The van der Waals surface area contributed by atoms with Crippen LogP contribution in [0, 0.1) is 13.8 Å². The van der Waals surface area contributed by atoms with E-state index in [1.165, 1.54) is 29.3 Å². The second-order valence-electron chi connectivity index (χ2n) is 7.76. The first kappa shape index (κ1) is 24.1. The summed E-state index contributed by atoms with van der Waals surface area (Å²) in [7, 11) is 1.86. The second-order valence-corrected chi connectivity index (χ2v) is 7.76. The van der Waals surface area contributed by atoms with Crippen molar-refractivity contribution < 1.29 is 4.79 Å². The van der Waals surface area contributed by atoms with Gasteiger partial charge in [0.25, 0.3) is 0 Å². The van der Waals surface area contributed by atoms with Gasteiger partial charge in [0.15, 0.2) is 5.78 Å². The number of carbonyl (C=O) groups is 1. The number of hydrogen-bond donors (Lipinski definition) is 0. The van der Waals surface area contributed by atoms with E-state index in [0.717, 1.165) is 24.3 Å². The number of aromatic nitrogens is 2. The number of hydrazone groups is 1. The molecular formula is C26H34N4O. The standard InChI is InChI=1S/C17H18N2.C9H16N2O/c1-4-15-17(14-8-5-12(2)6-9-14)18-16-10-7-13(3)11-19(15)16;1-6-11(5)10-8(3)7(2)9(4)12/h5-11H,4H2,1-3H3;2,6H2,1,3-5H3/b;10-8-. The minimum Gasteiger partial charge on any atom is -0.303 e. The summed E-state index contributed by atoms with van der Waals surface area (Å²) < 4.78 is 2.21. The van der Waals surface area contributed by atoms with Gasteiger partial charge in [-0.15, -0.1) is 0 Å². The first-order valence-electron chi connectivity index (χ1n) is 10.7. The van der Waals surface area contributed by atoms with Gasteiger partial charge in [-0.3, -0.25) is 4.79 Å². The van der Waals surface area contributed by atoms with Crippen molar-refractivity contribution in [2.24, 2.45) is 5.10 Å². The van der Waals surface area contributed by atoms with Crippen LogP contribution in [0.4, 0.5) is 0 Å². The monoisotopic (exact) mass is 418 g/mol. The highest BCUT2D eigenvalue weighted by molar-refractivity contribution is 6.20. The molecule has 2 heterocycles. The molecule has 0 bridgehead atoms. The van der Waals surface area contributed by atoms with Crippen molar-refractivity contribution in [1.29, 1.82) is 0 Å². The fraction of sp³-hybridized carbons (Fsp3) is 0.346. The fourth-order valence-corrected chi connectivity index (χ4v) is 3.12. The molecule has 0 unspecified atom stereocenters. The maximum atomic E-state index is 10.9. The van der Waals surface area contributed by atoms with E-state index >= 15 is 0 Å². The number of fused-ring (bicyclic) bond motifs is 1. The largest absolute Gasteiger partial charge is 0.303 e. The number of nitrogens with zero attached hydrogens (tertiary/aromatic N) is 4. The smallest absolute Gasteiger partial charge is 0.161 e. The van der Waals surface area contributed by atoms with Gasteiger partial charge >= 0.3 is 0 Å². The Bertz CT molecular complexity index is 1090. The van der Waals surface area contributed by atoms with E-state index in [9.17, 15) is 4.79 Å². The minimum atomic E-state index is -0.0271. The lowest BCUT2D eigenvalue weighted by molar-refractivity contribution is -0.113. The normalized spacial score (nSPS) is 11.1. The molecule has 0 aliphatic heterocycles. The van der Waals surface area contributed by atoms with Crippen LogP contribution in [0.25, 0.3) is 16.9 Å². The van der Waals surface area contributed by atoms with Gasteiger partial charge in [0.2, 0.25) is 0 Å². The molecule has 0 fully saturated rings. The maximum absolute atomic E-state index is 10.9. The molecule has 0 atom stereocenters. The van der Waals surface area contributed by atoms with Gasteiger partial charge in [-0.25, -0.2) is 4.98 Å². The third-order valence-electron chi connectivity index (χ3n) is 5.17. The van der Waals surface area contributed by atoms with Gasteiger partial charge in [-0.2, -0.15) is 5.10 Å². The molecule has 2 aromatic heterocycles. The van der Waals surface area contributed by atoms with Crippen LogP contribution < -0.4 is 0 Å². The third-order valence-corrected chi connectivity index (χ3v) is 5.17. The van der Waals surface area contributed by atoms with E-state index in [-0.39, 0.29) is 5.78 Å². The number of carbonyl (C=O) groups excluding carboxylic acids is 1. The topological polar surface area (TPSA) is 50.0 Å². The predicted octanol–water partition coefficient (Wildman–Crippen LogP) is 5.64. The molecule has 0 aliphatic carbocycles. The van der Waals surface area contributed by atoms with Crippen LogP contribution in [0.2, 0.25) is 0 Å². The van der Waals surface area contributed by atoms with Gasteiger partial charge in [0.05, 0.1) is 17.1 Å². The molecule has 0 radical (unpaired) electrons. The van der Waals surface area contributed by atoms with Crippen LogP contribution in [0.3, 0.4) is 0 Å². The van der Waals surface area contributed by atoms with Crippen molar-refractivity contribution in [3.05, 3.63) is 71.6 Å². The third kappa shape index (κ3) is 6.14. The predicted molar refractivity (Wildman–Crippen MR) is 131 cm³/mol. The summed E-state index contributed by atoms with van der Waals surface area (Å²) in [5, 5.41) is 5.91. The number of imidazole rings is 1. The first-order chi connectivity index (χ1) is 14.7. The zero-order chi connectivity index (χ0) is 23.1. The molecule has 0 aliphatic rings. The second kappa shape index (κ2) is 10.7. The zero-order valence-corrected chi connectivity index (χ0v) is 19.9. The number of Topliss-reactive ketones (excluding diaryl/α,β-unsaturated/α-hetero) is 1. The lowest BCUT2D eigenvalue weighted by Gasteiger charge is -2.11. The van der Waals surface area contributed by atoms with Crippen molar-refractivity contribution in [2.75, 3.05) is 13.6 Å². The van der Waals surface area contributed by atoms with Crippen LogP contribution >= 0.6 is 0 Å². The Labute approximate surface area is 186 Å². The quantitative estimate of drug-likeness (QED) is 0.296. The molecule has 3 rings (SSSR count). The number of hydrogen-bond acceptors (Lipinski definition) is 4. The van der Waals surface area contributed by atoms with Gasteiger partial charge in [-0.05, 0) is 52.7 Å². The number of ketones is 1. The fourth-order valence-electron chi connectivity index (χ4n) is 3.12. The number of benzene rings is 1. The van der Waals surface area contributed by atoms with Crippen molar-refractivity contribution in [3.8, 4) is 11.3 Å². The molecular weight excluding hydrogens is 384 g/mol. The van der Waals surface area contributed by atoms with Crippen LogP contribution in [0.15, 0.2) is 59.8 Å². The Morgan fingerprint density at radius 3 is 2.23 bits per heavy atom. The van der Waals surface area contributed by atoms with Crippen LogP contribution in [0.5, 0.6) is 0 Å². The summed E-state index contributed by atoms with van der Waals surface area (Å²) in [6.07, 6.45) is 3.15. The van der Waals surface area contributed by atoms with Gasteiger partial charge in [0, 0.05) is 30.9 Å².